The average molecular weight is 708 g/mol. The second kappa shape index (κ2) is 14.9. The van der Waals surface area contributed by atoms with Crippen LogP contribution in [0.15, 0.2) is 121 Å². The summed E-state index contributed by atoms with van der Waals surface area (Å²) in [5.41, 5.74) is 0.635. The zero-order valence-electron chi connectivity index (χ0n) is 23.5. The van der Waals surface area contributed by atoms with Crippen molar-refractivity contribution in [3.05, 3.63) is 138 Å². The molecule has 5 rings (SSSR count). The summed E-state index contributed by atoms with van der Waals surface area (Å²) in [5, 5.41) is 0. The first-order valence-electron chi connectivity index (χ1n) is 13.7. The monoisotopic (exact) mass is 710 g/mol. The van der Waals surface area contributed by atoms with Crippen molar-refractivity contribution in [2.75, 3.05) is 7.11 Å². The molecule has 0 saturated carbocycles. The van der Waals surface area contributed by atoms with Gasteiger partial charge in [-0.2, -0.15) is 0 Å². The van der Waals surface area contributed by atoms with Gasteiger partial charge >= 0.3 is 265 Å². The molecule has 1 heterocycles. The van der Waals surface area contributed by atoms with E-state index in [-0.39, 0.29) is 20.5 Å². The molecule has 0 amide bonds. The van der Waals surface area contributed by atoms with Crippen LogP contribution < -0.4 is 3.61 Å². The van der Waals surface area contributed by atoms with Crippen molar-refractivity contribution in [2.24, 2.45) is 0 Å². The van der Waals surface area contributed by atoms with Crippen LogP contribution in [0.25, 0.3) is 0 Å². The minimum atomic E-state index is -1.53. The Morgan fingerprint density at radius 3 is 1.36 bits per heavy atom. The fourth-order valence-corrected chi connectivity index (χ4v) is 6.91. The fraction of sp³-hybridized carbons (Fsp3) is 0.176. The zero-order valence-corrected chi connectivity index (χ0v) is 25.8. The standard InChI is InChI=1S/C34H28O9Te/c1-39-34-29(42-32(37)24-18-10-4-11-19-24)27(41-31(36)23-16-8-3-9-17-23)26(40-30(35)22-14-6-2-7-15-22)28(43-34)33(38)44-25-20-12-5-13-21-25/h2-21,26-29,34H,1H3/t26-,27+,28+,29-,34+/m1/s1. The molecule has 1 aliphatic rings. The molecule has 0 N–H and O–H groups in total. The van der Waals surface area contributed by atoms with Crippen LogP contribution in [0.1, 0.15) is 31.1 Å². The van der Waals surface area contributed by atoms with Gasteiger partial charge < -0.3 is 0 Å². The van der Waals surface area contributed by atoms with E-state index in [4.69, 9.17) is 23.7 Å². The van der Waals surface area contributed by atoms with Crippen LogP contribution in [-0.4, -0.2) is 80.5 Å². The van der Waals surface area contributed by atoms with Crippen molar-refractivity contribution in [2.45, 2.75) is 30.7 Å². The Bertz CT molecular complexity index is 1570. The molecule has 5 atom stereocenters. The number of ether oxygens (including phenoxy) is 5. The Kier molecular flexibility index (Phi) is 10.5. The molecule has 0 bridgehead atoms. The van der Waals surface area contributed by atoms with Crippen LogP contribution in [0.5, 0.6) is 0 Å². The van der Waals surface area contributed by atoms with Crippen molar-refractivity contribution in [1.82, 2.24) is 0 Å². The van der Waals surface area contributed by atoms with Gasteiger partial charge in [-0.3, -0.25) is 0 Å². The maximum atomic E-state index is 13.8. The van der Waals surface area contributed by atoms with Gasteiger partial charge in [-0.25, -0.2) is 0 Å². The van der Waals surface area contributed by atoms with E-state index in [0.29, 0.717) is 0 Å². The van der Waals surface area contributed by atoms with Gasteiger partial charge in [0, 0.05) is 0 Å². The predicted octanol–water partition coefficient (Wildman–Crippen LogP) is 3.59. The van der Waals surface area contributed by atoms with Gasteiger partial charge in [0.15, 0.2) is 0 Å². The van der Waals surface area contributed by atoms with Crippen molar-refractivity contribution in [3.8, 4) is 0 Å². The SMILES string of the molecule is CO[C@H]1O[C@H](C(=O)[Te]c2ccccc2)[C@H](OC(=O)c2ccccc2)[C@H](OC(=O)c2ccccc2)[C@H]1OC(=O)c1ccccc1. The first-order chi connectivity index (χ1) is 21.4. The molecule has 1 saturated heterocycles. The van der Waals surface area contributed by atoms with Gasteiger partial charge in [-0.1, -0.05) is 0 Å². The summed E-state index contributed by atoms with van der Waals surface area (Å²) in [7, 11) is 1.32. The molecule has 0 aromatic heterocycles. The van der Waals surface area contributed by atoms with E-state index in [9.17, 15) is 19.2 Å². The van der Waals surface area contributed by atoms with Crippen LogP contribution in [-0.2, 0) is 28.5 Å². The number of benzene rings is 4. The fourth-order valence-electron chi connectivity index (χ4n) is 4.54. The topological polar surface area (TPSA) is 114 Å². The molecule has 1 fully saturated rings. The van der Waals surface area contributed by atoms with Crippen molar-refractivity contribution >= 4 is 46.3 Å². The van der Waals surface area contributed by atoms with E-state index in [1.165, 1.54) is 7.11 Å². The molecule has 10 heteroatoms. The number of methoxy groups -OCH3 is 1. The number of carbonyl (C=O) groups excluding carboxylic acids is 4. The number of esters is 3. The summed E-state index contributed by atoms with van der Waals surface area (Å²) >= 11 is -1.53. The Morgan fingerprint density at radius 1 is 0.545 bits per heavy atom. The maximum absolute atomic E-state index is 13.8. The summed E-state index contributed by atoms with van der Waals surface area (Å²) in [6.45, 7) is 0. The molecule has 0 radical (unpaired) electrons. The molecule has 44 heavy (non-hydrogen) atoms. The second-order valence-electron chi connectivity index (χ2n) is 9.60. The van der Waals surface area contributed by atoms with Gasteiger partial charge in [0.25, 0.3) is 0 Å². The van der Waals surface area contributed by atoms with E-state index in [1.54, 1.807) is 91.0 Å². The molecular formula is C34H28O9Te. The van der Waals surface area contributed by atoms with Gasteiger partial charge in [-0.05, 0) is 0 Å². The molecule has 224 valence electrons. The summed E-state index contributed by atoms with van der Waals surface area (Å²) in [6, 6.07) is 33.7. The molecule has 4 aromatic rings. The van der Waals surface area contributed by atoms with Crippen molar-refractivity contribution in [1.29, 1.82) is 0 Å². The minimum absolute atomic E-state index is 0.204. The van der Waals surface area contributed by atoms with Gasteiger partial charge in [0.05, 0.1) is 0 Å². The third-order valence-corrected chi connectivity index (χ3v) is 9.37. The van der Waals surface area contributed by atoms with Gasteiger partial charge in [-0.15, -0.1) is 0 Å². The number of carbonyl (C=O) groups is 4. The van der Waals surface area contributed by atoms with Crippen LogP contribution >= 0.6 is 0 Å². The predicted molar refractivity (Wildman–Crippen MR) is 159 cm³/mol. The van der Waals surface area contributed by atoms with Crippen molar-refractivity contribution < 1.29 is 42.9 Å². The zero-order chi connectivity index (χ0) is 30.9. The molecule has 0 spiro atoms. The molecular weight excluding hydrogens is 680 g/mol. The summed E-state index contributed by atoms with van der Waals surface area (Å²) in [6.07, 6.45) is -7.07. The summed E-state index contributed by atoms with van der Waals surface area (Å²) < 4.78 is 29.9. The Balaban J connectivity index is 1.55. The van der Waals surface area contributed by atoms with Crippen LogP contribution in [0.4, 0.5) is 0 Å². The third-order valence-electron chi connectivity index (χ3n) is 6.68. The third kappa shape index (κ3) is 7.59. The van der Waals surface area contributed by atoms with E-state index in [0.717, 1.165) is 3.61 Å². The number of rotatable bonds is 10. The van der Waals surface area contributed by atoms with Crippen LogP contribution in [0, 0.1) is 0 Å². The summed E-state index contributed by atoms with van der Waals surface area (Å²) in [5.74, 6) is -2.31. The first kappa shape index (κ1) is 31.1. The first-order valence-corrected chi connectivity index (χ1v) is 16.0. The molecule has 0 aliphatic carbocycles. The van der Waals surface area contributed by atoms with Gasteiger partial charge in [0.2, 0.25) is 0 Å². The van der Waals surface area contributed by atoms with Crippen molar-refractivity contribution in [3.63, 3.8) is 0 Å². The molecule has 1 aliphatic heterocycles. The van der Waals surface area contributed by atoms with Crippen LogP contribution in [0.3, 0.4) is 0 Å². The Labute approximate surface area is 264 Å². The summed E-state index contributed by atoms with van der Waals surface area (Å²) in [4.78, 5) is 53.9. The second-order valence-corrected chi connectivity index (χ2v) is 12.7. The van der Waals surface area contributed by atoms with Gasteiger partial charge in [0.1, 0.15) is 0 Å². The Morgan fingerprint density at radius 2 is 0.932 bits per heavy atom. The quantitative estimate of drug-likeness (QED) is 0.139. The van der Waals surface area contributed by atoms with E-state index >= 15 is 0 Å². The Hall–Kier alpha value is -4.33. The number of hydrogen-bond acceptors (Lipinski definition) is 9. The van der Waals surface area contributed by atoms with E-state index in [2.05, 4.69) is 0 Å². The number of hydrogen-bond donors (Lipinski definition) is 0. The molecule has 4 aromatic carbocycles. The molecule has 0 unspecified atom stereocenters. The average Bonchev–Trinajstić information content (AvgIpc) is 3.07. The normalized spacial score (nSPS) is 21.1. The van der Waals surface area contributed by atoms with Crippen LogP contribution in [0.2, 0.25) is 0 Å². The molecule has 9 nitrogen and oxygen atoms in total. The van der Waals surface area contributed by atoms with E-state index < -0.39 is 69.5 Å². The van der Waals surface area contributed by atoms with E-state index in [1.807, 2.05) is 30.3 Å².